The number of H-pyrrole nitrogens is 1. The van der Waals surface area contributed by atoms with Crippen molar-refractivity contribution in [1.29, 1.82) is 0 Å². The first-order valence-corrected chi connectivity index (χ1v) is 11.0. The molecule has 0 bridgehead atoms. The summed E-state index contributed by atoms with van der Waals surface area (Å²) >= 11 is 0. The number of fused-ring (bicyclic) bond motifs is 2. The average Bonchev–Trinajstić information content (AvgIpc) is 3.24. The van der Waals surface area contributed by atoms with E-state index in [2.05, 4.69) is 4.98 Å². The van der Waals surface area contributed by atoms with Crippen molar-refractivity contribution in [2.24, 2.45) is 0 Å². The van der Waals surface area contributed by atoms with E-state index in [1.807, 2.05) is 18.7 Å². The van der Waals surface area contributed by atoms with Crippen molar-refractivity contribution in [3.8, 4) is 0 Å². The summed E-state index contributed by atoms with van der Waals surface area (Å²) in [5.74, 6) is 1.16. The van der Waals surface area contributed by atoms with E-state index in [1.54, 1.807) is 18.0 Å². The molecule has 2 aliphatic heterocycles. The van der Waals surface area contributed by atoms with Crippen molar-refractivity contribution >= 4 is 28.5 Å². The zero-order valence-corrected chi connectivity index (χ0v) is 18.5. The lowest BCUT2D eigenvalue weighted by atomic mass is 9.96. The van der Waals surface area contributed by atoms with Crippen LogP contribution in [-0.2, 0) is 22.4 Å². The number of nitrogens with one attached hydrogen (secondary N) is 1. The maximum absolute atomic E-state index is 13.8. The molecule has 0 radical (unpaired) electrons. The number of rotatable bonds is 3. The monoisotopic (exact) mass is 435 g/mol. The highest BCUT2D eigenvalue weighted by Gasteiger charge is 2.32. The molecule has 0 spiro atoms. The fraction of sp³-hybridized carbons (Fsp3) is 0.417. The minimum Gasteiger partial charge on any atom is -0.358 e. The highest BCUT2D eigenvalue weighted by atomic mass is 19.1. The van der Waals surface area contributed by atoms with Gasteiger partial charge in [0, 0.05) is 53.9 Å². The Morgan fingerprint density at radius 3 is 2.91 bits per heavy atom. The molecule has 1 atom stereocenters. The summed E-state index contributed by atoms with van der Waals surface area (Å²) in [6, 6.07) is 4.61. The molecule has 0 aliphatic carbocycles. The minimum absolute atomic E-state index is 0.0214. The quantitative estimate of drug-likeness (QED) is 0.685. The summed E-state index contributed by atoms with van der Waals surface area (Å²) in [6.45, 7) is 5.07. The topological polar surface area (TPSA) is 82.2 Å². The number of hydrogen-bond acceptors (Lipinski definition) is 4. The van der Waals surface area contributed by atoms with Gasteiger partial charge in [0.25, 0.3) is 0 Å². The molecular weight excluding hydrogens is 409 g/mol. The van der Waals surface area contributed by atoms with Crippen molar-refractivity contribution in [1.82, 2.24) is 19.9 Å². The molecule has 8 heteroatoms. The van der Waals surface area contributed by atoms with Crippen LogP contribution in [0.25, 0.3) is 10.9 Å². The van der Waals surface area contributed by atoms with E-state index < -0.39 is 0 Å². The molecule has 0 saturated carbocycles. The Kier molecular flexibility index (Phi) is 4.95. The van der Waals surface area contributed by atoms with Crippen molar-refractivity contribution < 1.29 is 14.0 Å². The summed E-state index contributed by atoms with van der Waals surface area (Å²) in [4.78, 5) is 41.4. The molecular formula is C24H26FN5O2. The second-order valence-electron chi connectivity index (χ2n) is 8.87. The number of nitrogens with zero attached hydrogens (tertiary/aromatic N) is 4. The third-order valence-electron chi connectivity index (χ3n) is 6.78. The minimum atomic E-state index is -0.309. The molecule has 2 amide bonds. The molecule has 5 rings (SSSR count). The van der Waals surface area contributed by atoms with Crippen LogP contribution in [0.15, 0.2) is 18.2 Å². The van der Waals surface area contributed by atoms with Gasteiger partial charge in [-0.2, -0.15) is 0 Å². The van der Waals surface area contributed by atoms with Crippen LogP contribution in [0.3, 0.4) is 0 Å². The van der Waals surface area contributed by atoms with E-state index in [-0.39, 0.29) is 30.0 Å². The highest BCUT2D eigenvalue weighted by molar-refractivity contribution is 6.00. The van der Waals surface area contributed by atoms with E-state index >= 15 is 0 Å². The molecule has 1 fully saturated rings. The van der Waals surface area contributed by atoms with E-state index in [0.717, 1.165) is 46.3 Å². The molecule has 3 aromatic rings. The summed E-state index contributed by atoms with van der Waals surface area (Å²) in [6.07, 6.45) is 2.34. The Morgan fingerprint density at radius 1 is 1.28 bits per heavy atom. The molecule has 1 aromatic carbocycles. The van der Waals surface area contributed by atoms with Gasteiger partial charge in [0.1, 0.15) is 17.5 Å². The number of halogens is 1. The van der Waals surface area contributed by atoms with Crippen molar-refractivity contribution in [3.63, 3.8) is 0 Å². The van der Waals surface area contributed by atoms with Gasteiger partial charge in [-0.3, -0.25) is 14.5 Å². The summed E-state index contributed by atoms with van der Waals surface area (Å²) in [7, 11) is 1.74. The number of likely N-dealkylation sites (tertiary alicyclic amines) is 1. The molecule has 32 heavy (non-hydrogen) atoms. The zero-order valence-electron chi connectivity index (χ0n) is 18.5. The highest BCUT2D eigenvalue weighted by Crippen LogP contribution is 2.32. The normalized spacial score (nSPS) is 18.5. The van der Waals surface area contributed by atoms with Crippen LogP contribution in [0.2, 0.25) is 0 Å². The van der Waals surface area contributed by atoms with Crippen LogP contribution < -0.4 is 4.90 Å². The third kappa shape index (κ3) is 3.43. The number of benzene rings is 1. The number of piperidine rings is 1. The lowest BCUT2D eigenvalue weighted by Crippen LogP contribution is -2.40. The molecule has 7 nitrogen and oxygen atoms in total. The first-order chi connectivity index (χ1) is 15.3. The van der Waals surface area contributed by atoms with Gasteiger partial charge in [0.15, 0.2) is 0 Å². The zero-order chi connectivity index (χ0) is 22.6. The second kappa shape index (κ2) is 7.69. The summed E-state index contributed by atoms with van der Waals surface area (Å²) in [5.41, 5.74) is 4.30. The van der Waals surface area contributed by atoms with Crippen LogP contribution in [0.5, 0.6) is 0 Å². The number of aromatic nitrogens is 3. The number of anilines is 1. The van der Waals surface area contributed by atoms with E-state index in [0.29, 0.717) is 31.2 Å². The Morgan fingerprint density at radius 2 is 2.09 bits per heavy atom. The average molecular weight is 436 g/mol. The molecule has 1 unspecified atom stereocenters. The summed E-state index contributed by atoms with van der Waals surface area (Å²) in [5, 5.41) is 0.759. The Labute approximate surface area is 185 Å². The van der Waals surface area contributed by atoms with Gasteiger partial charge < -0.3 is 9.88 Å². The fourth-order valence-corrected chi connectivity index (χ4v) is 4.92. The predicted molar refractivity (Wildman–Crippen MR) is 119 cm³/mol. The maximum Gasteiger partial charge on any atom is 0.232 e. The van der Waals surface area contributed by atoms with Gasteiger partial charge in [-0.1, -0.05) is 0 Å². The van der Waals surface area contributed by atoms with E-state index in [1.165, 1.54) is 12.1 Å². The Hall–Kier alpha value is -3.29. The first kappa shape index (κ1) is 20.6. The predicted octanol–water partition coefficient (Wildman–Crippen LogP) is 3.18. The smallest absolute Gasteiger partial charge is 0.232 e. The van der Waals surface area contributed by atoms with Gasteiger partial charge in [-0.15, -0.1) is 0 Å². The van der Waals surface area contributed by atoms with Gasteiger partial charge in [-0.25, -0.2) is 14.4 Å². The third-order valence-corrected chi connectivity index (χ3v) is 6.78. The van der Waals surface area contributed by atoms with Crippen molar-refractivity contribution in [2.75, 3.05) is 25.0 Å². The number of likely N-dealkylation sites (N-methyl/N-ethyl adjacent to an activating group) is 1. The van der Waals surface area contributed by atoms with Crippen molar-refractivity contribution in [3.05, 3.63) is 52.4 Å². The number of aromatic amines is 1. The standard InChI is InChI=1S/C24H26FN5O2/c1-13-17(19-9-16(25)6-7-20(19)26-13)10-22(32)30-8-4-5-15(12-30)23-27-14(2)18-11-21(31)29(3)24(18)28-23/h6-7,9,15,26H,4-5,8,10-12H2,1-3H3. The molecule has 1 N–H and O–H groups in total. The number of hydrogen-bond donors (Lipinski definition) is 1. The Balaban J connectivity index is 1.37. The molecule has 2 aliphatic rings. The van der Waals surface area contributed by atoms with Gasteiger partial charge >= 0.3 is 0 Å². The van der Waals surface area contributed by atoms with E-state index in [9.17, 15) is 14.0 Å². The van der Waals surface area contributed by atoms with Crippen LogP contribution in [0.1, 0.15) is 47.1 Å². The van der Waals surface area contributed by atoms with Gasteiger partial charge in [0.05, 0.1) is 12.8 Å². The first-order valence-electron chi connectivity index (χ1n) is 11.0. The van der Waals surface area contributed by atoms with E-state index in [4.69, 9.17) is 9.97 Å². The lowest BCUT2D eigenvalue weighted by Gasteiger charge is -2.32. The molecule has 1 saturated heterocycles. The maximum atomic E-state index is 13.8. The van der Waals surface area contributed by atoms with Crippen molar-refractivity contribution in [2.45, 2.75) is 45.4 Å². The number of aryl methyl sites for hydroxylation is 2. The number of carbonyl (C=O) groups excluding carboxylic acids is 2. The SMILES string of the molecule is Cc1nc(C2CCCN(C(=O)Cc3c(C)[nH]c4ccc(F)cc34)C2)nc2c1CC(=O)N2C. The van der Waals surface area contributed by atoms with Crippen LogP contribution in [-0.4, -0.2) is 51.8 Å². The van der Waals surface area contributed by atoms with Crippen LogP contribution in [0.4, 0.5) is 10.2 Å². The molecule has 4 heterocycles. The number of carbonyl (C=O) groups is 2. The number of amides is 2. The molecule has 2 aromatic heterocycles. The Bertz CT molecular complexity index is 1250. The van der Waals surface area contributed by atoms with Gasteiger partial charge in [-0.05, 0) is 50.5 Å². The second-order valence-corrected chi connectivity index (χ2v) is 8.87. The van der Waals surface area contributed by atoms with Crippen LogP contribution >= 0.6 is 0 Å². The van der Waals surface area contributed by atoms with Crippen LogP contribution in [0, 0.1) is 19.7 Å². The molecule has 166 valence electrons. The fourth-order valence-electron chi connectivity index (χ4n) is 4.92. The summed E-state index contributed by atoms with van der Waals surface area (Å²) < 4.78 is 13.8. The largest absolute Gasteiger partial charge is 0.358 e. The lowest BCUT2D eigenvalue weighted by molar-refractivity contribution is -0.131. The van der Waals surface area contributed by atoms with Gasteiger partial charge in [0.2, 0.25) is 11.8 Å².